The third-order valence-electron chi connectivity index (χ3n) is 2.67. The third kappa shape index (κ3) is 1.83. The standard InChI is InChI=1S/C13H9ClN2OS/c1-17-10-6-11(14)16-12-9(7-18-13(10)12)8-2-4-15-5-3-8/h2-7H,1H3. The van der Waals surface area contributed by atoms with Gasteiger partial charge in [0.05, 0.1) is 17.3 Å². The van der Waals surface area contributed by atoms with E-state index in [0.29, 0.717) is 5.15 Å². The van der Waals surface area contributed by atoms with Crippen LogP contribution in [0.25, 0.3) is 21.3 Å². The highest BCUT2D eigenvalue weighted by atomic mass is 35.5. The maximum Gasteiger partial charge on any atom is 0.141 e. The minimum Gasteiger partial charge on any atom is -0.495 e. The summed E-state index contributed by atoms with van der Waals surface area (Å²) in [5, 5.41) is 2.50. The van der Waals surface area contributed by atoms with Crippen molar-refractivity contribution >= 4 is 33.2 Å². The molecule has 90 valence electrons. The van der Waals surface area contributed by atoms with Crippen LogP contribution in [0.4, 0.5) is 0 Å². The summed E-state index contributed by atoms with van der Waals surface area (Å²) in [6.45, 7) is 0. The van der Waals surface area contributed by atoms with E-state index in [4.69, 9.17) is 16.3 Å². The molecule has 0 atom stereocenters. The number of hydrogen-bond acceptors (Lipinski definition) is 4. The van der Waals surface area contributed by atoms with Gasteiger partial charge in [-0.3, -0.25) is 4.98 Å². The van der Waals surface area contributed by atoms with E-state index in [1.165, 1.54) is 0 Å². The number of halogens is 1. The Labute approximate surface area is 113 Å². The molecule has 0 aliphatic rings. The lowest BCUT2D eigenvalue weighted by Crippen LogP contribution is -1.86. The number of fused-ring (bicyclic) bond motifs is 1. The molecule has 3 aromatic heterocycles. The summed E-state index contributed by atoms with van der Waals surface area (Å²) in [5.74, 6) is 0.760. The highest BCUT2D eigenvalue weighted by Gasteiger charge is 2.13. The van der Waals surface area contributed by atoms with Gasteiger partial charge in [0.15, 0.2) is 0 Å². The lowest BCUT2D eigenvalue weighted by molar-refractivity contribution is 0.420. The SMILES string of the molecule is COc1cc(Cl)nc2c(-c3ccncc3)csc12. The minimum absolute atomic E-state index is 0.438. The van der Waals surface area contributed by atoms with Crippen molar-refractivity contribution in [2.24, 2.45) is 0 Å². The second kappa shape index (κ2) is 4.55. The molecule has 3 heterocycles. The van der Waals surface area contributed by atoms with Gasteiger partial charge < -0.3 is 4.74 Å². The van der Waals surface area contributed by atoms with Gasteiger partial charge in [-0.1, -0.05) is 11.6 Å². The van der Waals surface area contributed by atoms with Gasteiger partial charge >= 0.3 is 0 Å². The highest BCUT2D eigenvalue weighted by molar-refractivity contribution is 7.18. The Balaban J connectivity index is 2.30. The molecule has 0 N–H and O–H groups in total. The zero-order valence-electron chi connectivity index (χ0n) is 9.55. The van der Waals surface area contributed by atoms with Gasteiger partial charge in [-0.25, -0.2) is 4.98 Å². The van der Waals surface area contributed by atoms with Crippen molar-refractivity contribution in [2.45, 2.75) is 0 Å². The van der Waals surface area contributed by atoms with Crippen LogP contribution in [0.3, 0.4) is 0 Å². The first-order valence-corrected chi connectivity index (χ1v) is 6.57. The summed E-state index contributed by atoms with van der Waals surface area (Å²) in [4.78, 5) is 8.41. The number of pyridine rings is 2. The van der Waals surface area contributed by atoms with Gasteiger partial charge in [-0.05, 0) is 17.7 Å². The van der Waals surface area contributed by atoms with Crippen molar-refractivity contribution in [1.29, 1.82) is 0 Å². The molecule has 5 heteroatoms. The zero-order chi connectivity index (χ0) is 12.5. The van der Waals surface area contributed by atoms with Gasteiger partial charge in [0.2, 0.25) is 0 Å². The molecule has 0 spiro atoms. The molecule has 0 radical (unpaired) electrons. The van der Waals surface area contributed by atoms with Gasteiger partial charge in [0, 0.05) is 29.4 Å². The summed E-state index contributed by atoms with van der Waals surface area (Å²) in [7, 11) is 1.64. The van der Waals surface area contributed by atoms with Crippen LogP contribution < -0.4 is 4.74 Å². The van der Waals surface area contributed by atoms with E-state index in [-0.39, 0.29) is 0 Å². The van der Waals surface area contributed by atoms with E-state index in [9.17, 15) is 0 Å². The van der Waals surface area contributed by atoms with Crippen molar-refractivity contribution in [3.8, 4) is 16.9 Å². The van der Waals surface area contributed by atoms with Crippen molar-refractivity contribution in [3.63, 3.8) is 0 Å². The lowest BCUT2D eigenvalue weighted by Gasteiger charge is -2.03. The molecular weight excluding hydrogens is 268 g/mol. The summed E-state index contributed by atoms with van der Waals surface area (Å²) >= 11 is 7.62. The van der Waals surface area contributed by atoms with E-state index in [0.717, 1.165) is 27.1 Å². The number of thiophene rings is 1. The Morgan fingerprint density at radius 2 is 2.06 bits per heavy atom. The van der Waals surface area contributed by atoms with E-state index in [1.54, 1.807) is 36.9 Å². The van der Waals surface area contributed by atoms with Gasteiger partial charge in [0.25, 0.3) is 0 Å². The molecule has 0 saturated heterocycles. The summed E-state index contributed by atoms with van der Waals surface area (Å²) in [6, 6.07) is 5.64. The largest absolute Gasteiger partial charge is 0.495 e. The van der Waals surface area contributed by atoms with Crippen LogP contribution in [-0.4, -0.2) is 17.1 Å². The number of rotatable bonds is 2. The topological polar surface area (TPSA) is 35.0 Å². The van der Waals surface area contributed by atoms with Crippen LogP contribution >= 0.6 is 22.9 Å². The number of hydrogen-bond donors (Lipinski definition) is 0. The first-order valence-electron chi connectivity index (χ1n) is 5.31. The second-order valence-electron chi connectivity index (χ2n) is 3.71. The van der Waals surface area contributed by atoms with E-state index < -0.39 is 0 Å². The van der Waals surface area contributed by atoms with Crippen molar-refractivity contribution in [2.75, 3.05) is 7.11 Å². The van der Waals surface area contributed by atoms with Crippen LogP contribution in [0.1, 0.15) is 0 Å². The van der Waals surface area contributed by atoms with Crippen LogP contribution in [0.15, 0.2) is 36.0 Å². The van der Waals surface area contributed by atoms with E-state index in [1.807, 2.05) is 12.1 Å². The van der Waals surface area contributed by atoms with Crippen LogP contribution in [0, 0.1) is 0 Å². The zero-order valence-corrected chi connectivity index (χ0v) is 11.1. The van der Waals surface area contributed by atoms with Crippen LogP contribution in [0.2, 0.25) is 5.15 Å². The molecule has 0 unspecified atom stereocenters. The van der Waals surface area contributed by atoms with Crippen LogP contribution in [0.5, 0.6) is 5.75 Å². The smallest absolute Gasteiger partial charge is 0.141 e. The molecule has 0 bridgehead atoms. The van der Waals surface area contributed by atoms with Gasteiger partial charge in [-0.15, -0.1) is 11.3 Å². The molecule has 3 nitrogen and oxygen atoms in total. The quantitative estimate of drug-likeness (QED) is 0.663. The summed E-state index contributed by atoms with van der Waals surface area (Å²) < 4.78 is 6.34. The summed E-state index contributed by atoms with van der Waals surface area (Å²) in [6.07, 6.45) is 3.53. The Morgan fingerprint density at radius 3 is 2.78 bits per heavy atom. The summed E-state index contributed by atoms with van der Waals surface area (Å²) in [5.41, 5.74) is 3.00. The third-order valence-corrected chi connectivity index (χ3v) is 3.85. The number of aromatic nitrogens is 2. The highest BCUT2D eigenvalue weighted by Crippen LogP contribution is 2.38. The fraction of sp³-hybridized carbons (Fsp3) is 0.0769. The first kappa shape index (κ1) is 11.4. The Kier molecular flexibility index (Phi) is 2.89. The average Bonchev–Trinajstić information content (AvgIpc) is 2.82. The molecule has 0 aliphatic heterocycles. The van der Waals surface area contributed by atoms with E-state index >= 15 is 0 Å². The number of nitrogens with zero attached hydrogens (tertiary/aromatic N) is 2. The number of methoxy groups -OCH3 is 1. The normalized spacial score (nSPS) is 10.8. The van der Waals surface area contributed by atoms with E-state index in [2.05, 4.69) is 15.3 Å². The fourth-order valence-corrected chi connectivity index (χ4v) is 3.03. The lowest BCUT2D eigenvalue weighted by atomic mass is 10.1. The van der Waals surface area contributed by atoms with Gasteiger partial charge in [-0.2, -0.15) is 0 Å². The van der Waals surface area contributed by atoms with Crippen molar-refractivity contribution < 1.29 is 4.74 Å². The Bertz CT molecular complexity index is 697. The molecule has 0 amide bonds. The fourth-order valence-electron chi connectivity index (χ4n) is 1.84. The number of ether oxygens (including phenoxy) is 1. The molecule has 0 fully saturated rings. The van der Waals surface area contributed by atoms with Gasteiger partial charge in [0.1, 0.15) is 10.9 Å². The maximum absolute atomic E-state index is 6.02. The predicted molar refractivity (Wildman–Crippen MR) is 74.4 cm³/mol. The monoisotopic (exact) mass is 276 g/mol. The molecule has 18 heavy (non-hydrogen) atoms. The minimum atomic E-state index is 0.438. The first-order chi connectivity index (χ1) is 8.79. The van der Waals surface area contributed by atoms with Crippen molar-refractivity contribution in [1.82, 2.24) is 9.97 Å². The predicted octanol–water partition coefficient (Wildman–Crippen LogP) is 4.02. The average molecular weight is 277 g/mol. The molecule has 0 aliphatic carbocycles. The second-order valence-corrected chi connectivity index (χ2v) is 4.98. The van der Waals surface area contributed by atoms with Crippen molar-refractivity contribution in [3.05, 3.63) is 41.1 Å². The molecule has 0 aromatic carbocycles. The molecular formula is C13H9ClN2OS. The Hall–Kier alpha value is -1.65. The molecule has 0 saturated carbocycles. The molecule has 3 aromatic rings. The van der Waals surface area contributed by atoms with Crippen LogP contribution in [-0.2, 0) is 0 Å². The Morgan fingerprint density at radius 1 is 1.28 bits per heavy atom. The molecule has 3 rings (SSSR count). The maximum atomic E-state index is 6.02.